The van der Waals surface area contributed by atoms with Crippen LogP contribution in [0.3, 0.4) is 0 Å². The minimum Gasteiger partial charge on any atom is -0.361 e. The van der Waals surface area contributed by atoms with Gasteiger partial charge in [0.2, 0.25) is 0 Å². The quantitative estimate of drug-likeness (QED) is 0.596. The molecule has 1 heterocycles. The number of rotatable bonds is 1. The van der Waals surface area contributed by atoms with Gasteiger partial charge in [0.1, 0.15) is 6.73 Å². The maximum absolute atomic E-state index is 12.7. The van der Waals surface area contributed by atoms with Crippen molar-refractivity contribution in [3.63, 3.8) is 0 Å². The number of hydrogen-bond acceptors (Lipinski definition) is 2. The lowest BCUT2D eigenvalue weighted by atomic mass is 10.2. The molecule has 2 nitrogen and oxygen atoms in total. The third-order valence-electron chi connectivity index (χ3n) is 1.90. The third-order valence-corrected chi connectivity index (χ3v) is 1.90. The summed E-state index contributed by atoms with van der Waals surface area (Å²) in [6.45, 7) is 0.726. The van der Waals surface area contributed by atoms with E-state index in [1.165, 1.54) is 0 Å². The predicted molar refractivity (Wildman–Crippen MR) is 41.7 cm³/mol. The van der Waals surface area contributed by atoms with Gasteiger partial charge in [-0.1, -0.05) is 0 Å². The average Bonchev–Trinajstić information content (AvgIpc) is 2.02. The molecule has 1 saturated heterocycles. The second kappa shape index (κ2) is 5.11. The molecule has 0 aliphatic carbocycles. The Bertz CT molecular complexity index is 184. The molecule has 0 N–H and O–H groups in total. The first-order valence-electron chi connectivity index (χ1n) is 4.25. The van der Waals surface area contributed by atoms with Crippen molar-refractivity contribution in [2.45, 2.75) is 19.3 Å². The molecule has 0 bridgehead atoms. The molecule has 1 aliphatic heterocycles. The molecule has 13 heavy (non-hydrogen) atoms. The van der Waals surface area contributed by atoms with Gasteiger partial charge >= 0.3 is 6.08 Å². The zero-order chi connectivity index (χ0) is 9.68. The molecule has 1 aliphatic rings. The molecule has 1 rings (SSSR count). The third kappa shape index (κ3) is 3.26. The molecular weight excluding hydrogens is 183 g/mol. The Balaban J connectivity index is 2.51. The first kappa shape index (κ1) is 10.4. The van der Waals surface area contributed by atoms with Crippen LogP contribution in [0.2, 0.25) is 0 Å². The van der Waals surface area contributed by atoms with E-state index in [0.717, 1.165) is 24.2 Å². The first-order chi connectivity index (χ1) is 6.22. The second-order valence-electron chi connectivity index (χ2n) is 2.91. The summed E-state index contributed by atoms with van der Waals surface area (Å²) in [4.78, 5) is 0.925. The Morgan fingerprint density at radius 1 is 1.08 bits per heavy atom. The Kier molecular flexibility index (Phi) is 4.08. The largest absolute Gasteiger partial charge is 0.361 e. The van der Waals surface area contributed by atoms with Crippen LogP contribution in [0.4, 0.5) is 13.2 Å². The molecule has 0 aromatic rings. The van der Waals surface area contributed by atoms with E-state index in [1.807, 2.05) is 0 Å². The van der Waals surface area contributed by atoms with Crippen LogP contribution < -0.4 is 0 Å². The molecule has 0 aromatic carbocycles. The lowest BCUT2D eigenvalue weighted by Gasteiger charge is -2.23. The summed E-state index contributed by atoms with van der Waals surface area (Å²) < 4.78 is 41.4. The van der Waals surface area contributed by atoms with E-state index < -0.39 is 12.0 Å². The van der Waals surface area contributed by atoms with Crippen molar-refractivity contribution in [1.82, 2.24) is 4.90 Å². The summed E-state index contributed by atoms with van der Waals surface area (Å²) >= 11 is 0. The molecule has 1 fully saturated rings. The van der Waals surface area contributed by atoms with Gasteiger partial charge in [0.15, 0.2) is 0 Å². The van der Waals surface area contributed by atoms with Crippen LogP contribution in [-0.2, 0) is 4.74 Å². The maximum atomic E-state index is 12.7. The number of nitrogens with zero attached hydrogens (tertiary/aromatic N) is 1. The Hall–Kier alpha value is -0.710. The topological polar surface area (TPSA) is 12.5 Å². The molecule has 0 unspecified atom stereocenters. The van der Waals surface area contributed by atoms with Gasteiger partial charge in [0, 0.05) is 13.2 Å². The summed E-state index contributed by atoms with van der Waals surface area (Å²) in [5.41, 5.74) is 0. The van der Waals surface area contributed by atoms with Gasteiger partial charge in [-0.3, -0.25) is 0 Å². The van der Waals surface area contributed by atoms with Crippen molar-refractivity contribution in [2.24, 2.45) is 0 Å². The van der Waals surface area contributed by atoms with E-state index in [4.69, 9.17) is 4.74 Å². The van der Waals surface area contributed by atoms with Gasteiger partial charge in [-0.05, 0) is 19.3 Å². The van der Waals surface area contributed by atoms with Gasteiger partial charge in [-0.25, -0.2) is 0 Å². The van der Waals surface area contributed by atoms with E-state index in [-0.39, 0.29) is 6.73 Å². The van der Waals surface area contributed by atoms with Crippen LogP contribution in [0, 0.1) is 0 Å². The van der Waals surface area contributed by atoms with Crippen molar-refractivity contribution < 1.29 is 17.9 Å². The predicted octanol–water partition coefficient (Wildman–Crippen LogP) is 2.48. The lowest BCUT2D eigenvalue weighted by Crippen LogP contribution is -2.27. The van der Waals surface area contributed by atoms with Crippen LogP contribution in [0.15, 0.2) is 12.0 Å². The van der Waals surface area contributed by atoms with Gasteiger partial charge in [0.05, 0.1) is 0 Å². The molecule has 76 valence electrons. The standard InChI is InChI=1S/C8H12F3NO/c9-7(10)8(11)12-4-2-1-3-5-13-6-12/h1-6H2. The van der Waals surface area contributed by atoms with Crippen LogP contribution in [0.5, 0.6) is 0 Å². The molecular formula is C8H12F3NO. The summed E-state index contributed by atoms with van der Waals surface area (Å²) in [7, 11) is 0. The Morgan fingerprint density at radius 2 is 1.85 bits per heavy atom. The molecule has 5 heteroatoms. The highest BCUT2D eigenvalue weighted by molar-refractivity contribution is 4.90. The second-order valence-corrected chi connectivity index (χ2v) is 2.91. The minimum absolute atomic E-state index is 0.0802. The van der Waals surface area contributed by atoms with Crippen LogP contribution in [0.1, 0.15) is 19.3 Å². The summed E-state index contributed by atoms with van der Waals surface area (Å²) in [6, 6.07) is 0. The van der Waals surface area contributed by atoms with Crippen LogP contribution >= 0.6 is 0 Å². The van der Waals surface area contributed by atoms with Crippen molar-refractivity contribution in [1.29, 1.82) is 0 Å². The number of hydrogen-bond donors (Lipinski definition) is 0. The van der Waals surface area contributed by atoms with Crippen LogP contribution in [0.25, 0.3) is 0 Å². The molecule has 0 spiro atoms. The highest BCUT2D eigenvalue weighted by atomic mass is 19.3. The average molecular weight is 195 g/mol. The zero-order valence-corrected chi connectivity index (χ0v) is 7.23. The van der Waals surface area contributed by atoms with Crippen molar-refractivity contribution in [3.8, 4) is 0 Å². The van der Waals surface area contributed by atoms with Crippen molar-refractivity contribution >= 4 is 0 Å². The summed E-state index contributed by atoms with van der Waals surface area (Å²) in [6.07, 6.45) is 0.253. The fourth-order valence-electron chi connectivity index (χ4n) is 1.20. The van der Waals surface area contributed by atoms with Gasteiger partial charge in [-0.15, -0.1) is 0 Å². The molecule has 0 aromatic heterocycles. The van der Waals surface area contributed by atoms with E-state index in [2.05, 4.69) is 0 Å². The van der Waals surface area contributed by atoms with E-state index in [1.54, 1.807) is 0 Å². The lowest BCUT2D eigenvalue weighted by molar-refractivity contribution is 0.0159. The van der Waals surface area contributed by atoms with Gasteiger partial charge in [-0.2, -0.15) is 13.2 Å². The highest BCUT2D eigenvalue weighted by Gasteiger charge is 2.16. The van der Waals surface area contributed by atoms with Gasteiger partial charge < -0.3 is 9.64 Å². The van der Waals surface area contributed by atoms with E-state index in [0.29, 0.717) is 13.2 Å². The molecule has 0 radical (unpaired) electrons. The fraction of sp³-hybridized carbons (Fsp3) is 0.750. The van der Waals surface area contributed by atoms with E-state index in [9.17, 15) is 13.2 Å². The van der Waals surface area contributed by atoms with Crippen LogP contribution in [-0.4, -0.2) is 24.8 Å². The van der Waals surface area contributed by atoms with Crippen molar-refractivity contribution in [3.05, 3.63) is 12.0 Å². The van der Waals surface area contributed by atoms with Gasteiger partial charge in [0.25, 0.3) is 5.95 Å². The zero-order valence-electron chi connectivity index (χ0n) is 7.23. The highest BCUT2D eigenvalue weighted by Crippen LogP contribution is 2.17. The number of halogens is 3. The Morgan fingerprint density at radius 3 is 2.54 bits per heavy atom. The fourth-order valence-corrected chi connectivity index (χ4v) is 1.20. The minimum atomic E-state index is -2.27. The number of ether oxygens (including phenoxy) is 1. The van der Waals surface area contributed by atoms with Crippen molar-refractivity contribution in [2.75, 3.05) is 19.9 Å². The first-order valence-corrected chi connectivity index (χ1v) is 4.25. The monoisotopic (exact) mass is 195 g/mol. The molecule has 0 saturated carbocycles. The normalized spacial score (nSPS) is 19.2. The maximum Gasteiger partial charge on any atom is 0.322 e. The summed E-state index contributed by atoms with van der Waals surface area (Å²) in [5.74, 6) is -1.46. The molecule has 0 amide bonds. The summed E-state index contributed by atoms with van der Waals surface area (Å²) in [5, 5.41) is 0. The SMILES string of the molecule is FC(F)=C(F)N1CCCCCOC1. The Labute approximate surface area is 75.0 Å². The smallest absolute Gasteiger partial charge is 0.322 e. The van der Waals surface area contributed by atoms with E-state index >= 15 is 0 Å². The molecule has 0 atom stereocenters.